The summed E-state index contributed by atoms with van der Waals surface area (Å²) in [5.41, 5.74) is -0.109. The van der Waals surface area contributed by atoms with E-state index in [0.29, 0.717) is 17.1 Å². The number of anilines is 1. The predicted octanol–water partition coefficient (Wildman–Crippen LogP) is 4.43. The maximum absolute atomic E-state index is 13.6. The van der Waals surface area contributed by atoms with E-state index in [1.165, 1.54) is 41.3 Å². The summed E-state index contributed by atoms with van der Waals surface area (Å²) in [6.07, 6.45) is 0.891. The number of hydrogen-bond acceptors (Lipinski definition) is 7. The summed E-state index contributed by atoms with van der Waals surface area (Å²) in [5.74, 6) is -1.68. The fraction of sp³-hybridized carbons (Fsp3) is 0.300. The lowest BCUT2D eigenvalue weighted by atomic mass is 9.50. The molecular weight excluding hydrogens is 655 g/mol. The molecule has 0 radical (unpaired) electrons. The highest BCUT2D eigenvalue weighted by atomic mass is 35.5. The summed E-state index contributed by atoms with van der Waals surface area (Å²) in [4.78, 5) is 40.2. The first kappa shape index (κ1) is 31.1. The number of nitrogens with one attached hydrogen (secondary N) is 2. The average Bonchev–Trinajstić information content (AvgIpc) is 2.99. The van der Waals surface area contributed by atoms with Crippen LogP contribution in [0.5, 0.6) is 11.5 Å². The third-order valence-electron chi connectivity index (χ3n) is 8.41. The van der Waals surface area contributed by atoms with Crippen molar-refractivity contribution in [3.05, 3.63) is 82.1 Å². The Morgan fingerprint density at radius 2 is 1.82 bits per heavy atom. The second-order valence-electron chi connectivity index (χ2n) is 11.1. The summed E-state index contributed by atoms with van der Waals surface area (Å²) in [5, 5.41) is 6.23. The van der Waals surface area contributed by atoms with Crippen LogP contribution in [0, 0.1) is 11.7 Å². The van der Waals surface area contributed by atoms with Gasteiger partial charge in [-0.1, -0.05) is 23.2 Å². The van der Waals surface area contributed by atoms with E-state index in [9.17, 15) is 31.1 Å². The summed E-state index contributed by atoms with van der Waals surface area (Å²) >= 11 is 11.8. The molecule has 2 fully saturated rings. The standard InChI is InChI=1S/C30H25Cl2F2N3O7S/c31-17-3-8-25-24(11-17)37(29(40)16-1-5-19(6-2-16)45(34,41)42)14-26(44-25)28(39)35-23-13-30(10-9-20(23)30)36-27(38)15-43-18-4-7-21(32)22(33)12-18/h1-8,11-12,20,23,26H,9-10,13-15H2,(H,35,39)(H,36,38). The van der Waals surface area contributed by atoms with Crippen LogP contribution >= 0.6 is 23.2 Å². The molecule has 45 heavy (non-hydrogen) atoms. The molecule has 4 atom stereocenters. The van der Waals surface area contributed by atoms with Crippen molar-refractivity contribution in [2.75, 3.05) is 18.1 Å². The van der Waals surface area contributed by atoms with Crippen LogP contribution in [0.2, 0.25) is 10.0 Å². The number of carbonyl (C=O) groups is 3. The van der Waals surface area contributed by atoms with Gasteiger partial charge in [0, 0.05) is 34.2 Å². The number of benzene rings is 3. The summed E-state index contributed by atoms with van der Waals surface area (Å²) in [6.45, 7) is -0.495. The van der Waals surface area contributed by atoms with Crippen LogP contribution < -0.4 is 25.0 Å². The van der Waals surface area contributed by atoms with E-state index < -0.39 is 44.4 Å². The molecule has 0 aromatic heterocycles. The Labute approximate surface area is 266 Å². The van der Waals surface area contributed by atoms with Gasteiger partial charge in [0.1, 0.15) is 17.3 Å². The Kier molecular flexibility index (Phi) is 8.12. The van der Waals surface area contributed by atoms with Gasteiger partial charge in [-0.3, -0.25) is 14.4 Å². The van der Waals surface area contributed by atoms with Crippen molar-refractivity contribution in [3.63, 3.8) is 0 Å². The molecule has 3 amide bonds. The maximum Gasteiger partial charge on any atom is 0.332 e. The van der Waals surface area contributed by atoms with Crippen LogP contribution in [0.25, 0.3) is 0 Å². The van der Waals surface area contributed by atoms with E-state index in [-0.39, 0.29) is 53.1 Å². The fourth-order valence-electron chi connectivity index (χ4n) is 6.04. The average molecular weight is 681 g/mol. The van der Waals surface area contributed by atoms with Gasteiger partial charge in [0.2, 0.25) is 0 Å². The molecule has 10 nitrogen and oxygen atoms in total. The van der Waals surface area contributed by atoms with Crippen molar-refractivity contribution in [2.24, 2.45) is 5.92 Å². The number of fused-ring (bicyclic) bond motifs is 2. The van der Waals surface area contributed by atoms with Gasteiger partial charge < -0.3 is 25.0 Å². The van der Waals surface area contributed by atoms with Crippen molar-refractivity contribution in [1.29, 1.82) is 0 Å². The Hall–Kier alpha value is -3.94. The highest BCUT2D eigenvalue weighted by Crippen LogP contribution is 2.54. The van der Waals surface area contributed by atoms with E-state index in [2.05, 4.69) is 10.6 Å². The topological polar surface area (TPSA) is 131 Å². The van der Waals surface area contributed by atoms with Crippen molar-refractivity contribution in [2.45, 2.75) is 41.8 Å². The number of amides is 3. The lowest BCUT2D eigenvalue weighted by Gasteiger charge is -2.63. The van der Waals surface area contributed by atoms with Gasteiger partial charge in [-0.25, -0.2) is 4.39 Å². The van der Waals surface area contributed by atoms with Crippen molar-refractivity contribution >= 4 is 56.8 Å². The molecule has 3 aromatic rings. The highest BCUT2D eigenvalue weighted by molar-refractivity contribution is 7.86. The molecular formula is C30H25Cl2F2N3O7S. The number of nitrogens with zero attached hydrogens (tertiary/aromatic N) is 1. The first-order valence-electron chi connectivity index (χ1n) is 13.8. The molecule has 4 unspecified atom stereocenters. The van der Waals surface area contributed by atoms with Crippen LogP contribution in [0.3, 0.4) is 0 Å². The third kappa shape index (κ3) is 6.16. The number of halogens is 4. The van der Waals surface area contributed by atoms with Crippen molar-refractivity contribution in [3.8, 4) is 11.5 Å². The smallest absolute Gasteiger partial charge is 0.332 e. The molecule has 1 aliphatic heterocycles. The number of hydrogen-bond donors (Lipinski definition) is 2. The first-order chi connectivity index (χ1) is 21.3. The van der Waals surface area contributed by atoms with Gasteiger partial charge in [0.25, 0.3) is 17.7 Å². The fourth-order valence-corrected chi connectivity index (χ4v) is 6.78. The molecule has 0 bridgehead atoms. The van der Waals surface area contributed by atoms with Crippen LogP contribution in [-0.4, -0.2) is 57.0 Å². The molecule has 1 heterocycles. The third-order valence-corrected chi connectivity index (χ3v) is 9.78. The van der Waals surface area contributed by atoms with Crippen LogP contribution in [0.4, 0.5) is 14.0 Å². The Bertz CT molecular complexity index is 1810. The minimum absolute atomic E-state index is 0.0175. The maximum atomic E-state index is 13.6. The molecule has 2 saturated carbocycles. The second-order valence-corrected chi connectivity index (χ2v) is 13.3. The summed E-state index contributed by atoms with van der Waals surface area (Å²) < 4.78 is 60.7. The number of ether oxygens (including phenoxy) is 2. The monoisotopic (exact) mass is 679 g/mol. The van der Waals surface area contributed by atoms with E-state index in [4.69, 9.17) is 32.7 Å². The van der Waals surface area contributed by atoms with Crippen LogP contribution in [-0.2, 0) is 19.8 Å². The highest BCUT2D eigenvalue weighted by Gasteiger charge is 2.61. The van der Waals surface area contributed by atoms with Gasteiger partial charge in [0.15, 0.2) is 12.7 Å². The summed E-state index contributed by atoms with van der Waals surface area (Å²) in [7, 11) is -4.95. The van der Waals surface area contributed by atoms with Crippen LogP contribution in [0.1, 0.15) is 29.6 Å². The summed E-state index contributed by atoms with van der Waals surface area (Å²) in [6, 6.07) is 12.6. The molecule has 0 saturated heterocycles. The van der Waals surface area contributed by atoms with Gasteiger partial charge in [-0.05, 0) is 73.9 Å². The lowest BCUT2D eigenvalue weighted by Crippen LogP contribution is -2.76. The van der Waals surface area contributed by atoms with Gasteiger partial charge >= 0.3 is 10.2 Å². The minimum atomic E-state index is -4.95. The van der Waals surface area contributed by atoms with E-state index in [1.807, 2.05) is 0 Å². The zero-order valence-electron chi connectivity index (χ0n) is 23.3. The van der Waals surface area contributed by atoms with Gasteiger partial charge in [-0.15, -0.1) is 3.89 Å². The van der Waals surface area contributed by atoms with Crippen LogP contribution in [0.15, 0.2) is 65.6 Å². The molecule has 2 N–H and O–H groups in total. The molecule has 236 valence electrons. The molecule has 2 aliphatic carbocycles. The Morgan fingerprint density at radius 1 is 1.07 bits per heavy atom. The Balaban J connectivity index is 1.09. The zero-order valence-corrected chi connectivity index (χ0v) is 25.6. The van der Waals surface area contributed by atoms with E-state index in [1.54, 1.807) is 6.07 Å². The van der Waals surface area contributed by atoms with Crippen molar-refractivity contribution in [1.82, 2.24) is 10.6 Å². The molecule has 6 rings (SSSR count). The predicted molar refractivity (Wildman–Crippen MR) is 159 cm³/mol. The molecule has 3 aromatic carbocycles. The zero-order chi connectivity index (χ0) is 32.1. The number of rotatable bonds is 8. The lowest BCUT2D eigenvalue weighted by molar-refractivity contribution is -0.140. The first-order valence-corrected chi connectivity index (χ1v) is 16.0. The molecule has 3 aliphatic rings. The molecule has 15 heteroatoms. The minimum Gasteiger partial charge on any atom is -0.484 e. The van der Waals surface area contributed by atoms with Crippen molar-refractivity contribution < 1.29 is 40.6 Å². The van der Waals surface area contributed by atoms with E-state index >= 15 is 0 Å². The Morgan fingerprint density at radius 3 is 2.47 bits per heavy atom. The second kappa shape index (κ2) is 11.8. The van der Waals surface area contributed by atoms with E-state index in [0.717, 1.165) is 31.0 Å². The molecule has 0 spiro atoms. The van der Waals surface area contributed by atoms with Gasteiger partial charge in [0.05, 0.1) is 22.2 Å². The number of carbonyl (C=O) groups excluding carboxylic acids is 3. The normalized spacial score (nSPS) is 23.3. The SMILES string of the molecule is O=C(COc1ccc(Cl)c(F)c1)NC12CCC1C(NC(=O)C1CN(C(=O)c3ccc(S(=O)(=O)F)cc3)c3cc(Cl)ccc3O1)C2. The quantitative estimate of drug-likeness (QED) is 0.337. The van der Waals surface area contributed by atoms with Gasteiger partial charge in [-0.2, -0.15) is 8.42 Å². The largest absolute Gasteiger partial charge is 0.484 e.